The highest BCUT2D eigenvalue weighted by Crippen LogP contribution is 2.38. The first-order valence-corrected chi connectivity index (χ1v) is 12.9. The zero-order valence-corrected chi connectivity index (χ0v) is 21.0. The van der Waals surface area contributed by atoms with E-state index in [-0.39, 0.29) is 11.3 Å². The number of aromatic nitrogens is 2. The molecule has 1 aromatic carbocycles. The second kappa shape index (κ2) is 9.70. The van der Waals surface area contributed by atoms with E-state index in [4.69, 9.17) is 9.72 Å². The maximum Gasteiger partial charge on any atom is 0.226 e. The van der Waals surface area contributed by atoms with Crippen molar-refractivity contribution in [3.05, 3.63) is 41.1 Å². The Kier molecular flexibility index (Phi) is 6.91. The van der Waals surface area contributed by atoms with E-state index in [1.165, 1.54) is 28.7 Å². The Morgan fingerprint density at radius 3 is 2.88 bits per heavy atom. The Morgan fingerprint density at radius 1 is 1.33 bits per heavy atom. The van der Waals surface area contributed by atoms with Crippen LogP contribution in [-0.4, -0.2) is 28.7 Å². The maximum atomic E-state index is 12.5. The molecule has 6 nitrogen and oxygen atoms in total. The van der Waals surface area contributed by atoms with Crippen LogP contribution in [0.15, 0.2) is 29.3 Å². The minimum absolute atomic E-state index is 0.0991. The van der Waals surface area contributed by atoms with Crippen molar-refractivity contribution in [1.82, 2.24) is 9.97 Å². The fourth-order valence-electron chi connectivity index (χ4n) is 4.08. The van der Waals surface area contributed by atoms with E-state index >= 15 is 0 Å². The molecule has 172 valence electrons. The maximum absolute atomic E-state index is 12.5. The summed E-state index contributed by atoms with van der Waals surface area (Å²) >= 11 is 2.89. The Hall–Kier alpha value is -2.63. The summed E-state index contributed by atoms with van der Waals surface area (Å²) in [6, 6.07) is 9.95. The number of amides is 1. The molecule has 2 aromatic heterocycles. The minimum atomic E-state index is -0.0991. The highest BCUT2D eigenvalue weighted by atomic mass is 32.2. The molecular formula is C25H28N4O2S2. The normalized spacial score (nSPS) is 15.7. The van der Waals surface area contributed by atoms with Crippen LogP contribution in [0, 0.1) is 22.7 Å². The molecule has 0 bridgehead atoms. The number of carbonyl (C=O) groups is 1. The number of hydrogen-bond donors (Lipinski definition) is 1. The third-order valence-electron chi connectivity index (χ3n) is 6.11. The molecule has 33 heavy (non-hydrogen) atoms. The van der Waals surface area contributed by atoms with Gasteiger partial charge in [0.15, 0.2) is 5.13 Å². The molecule has 1 N–H and O–H groups in total. The Labute approximate surface area is 202 Å². The first-order chi connectivity index (χ1) is 15.8. The molecule has 1 atom stereocenters. The lowest BCUT2D eigenvalue weighted by molar-refractivity contribution is -0.115. The van der Waals surface area contributed by atoms with E-state index < -0.39 is 0 Å². The summed E-state index contributed by atoms with van der Waals surface area (Å²) < 4.78 is 6.20. The van der Waals surface area contributed by atoms with Crippen molar-refractivity contribution in [1.29, 1.82) is 5.26 Å². The predicted molar refractivity (Wildman–Crippen MR) is 134 cm³/mol. The van der Waals surface area contributed by atoms with Gasteiger partial charge in [-0.1, -0.05) is 32.1 Å². The van der Waals surface area contributed by atoms with Crippen LogP contribution >= 0.6 is 23.1 Å². The van der Waals surface area contributed by atoms with Gasteiger partial charge < -0.3 is 10.1 Å². The van der Waals surface area contributed by atoms with Gasteiger partial charge in [0.25, 0.3) is 0 Å². The summed E-state index contributed by atoms with van der Waals surface area (Å²) in [4.78, 5) is 21.7. The molecule has 2 heterocycles. The van der Waals surface area contributed by atoms with E-state index in [0.717, 1.165) is 45.9 Å². The Morgan fingerprint density at radius 2 is 2.15 bits per heavy atom. The van der Waals surface area contributed by atoms with Crippen LogP contribution in [0.1, 0.15) is 50.4 Å². The highest BCUT2D eigenvalue weighted by molar-refractivity contribution is 7.99. The molecule has 1 unspecified atom stereocenters. The molecule has 0 radical (unpaired) electrons. The number of anilines is 1. The SMILES string of the molecule is COc1ccc2nc(NC(=O)CCSc3nc4c(cc3C#N)CC(C(C)(C)C)CC4)sc2c1. The van der Waals surface area contributed by atoms with Gasteiger partial charge in [-0.3, -0.25) is 4.79 Å². The van der Waals surface area contributed by atoms with Crippen LogP contribution in [0.3, 0.4) is 0 Å². The number of aryl methyl sites for hydroxylation is 1. The molecule has 0 fully saturated rings. The molecule has 0 saturated heterocycles. The number of thiazole rings is 1. The number of ether oxygens (including phenoxy) is 1. The number of hydrogen-bond acceptors (Lipinski definition) is 7. The number of fused-ring (bicyclic) bond motifs is 2. The zero-order valence-electron chi connectivity index (χ0n) is 19.4. The molecule has 4 rings (SSSR count). The van der Waals surface area contributed by atoms with Gasteiger partial charge in [0, 0.05) is 17.9 Å². The lowest BCUT2D eigenvalue weighted by atomic mass is 9.71. The molecule has 0 spiro atoms. The molecular weight excluding hydrogens is 452 g/mol. The minimum Gasteiger partial charge on any atom is -0.497 e. The molecule has 1 aliphatic carbocycles. The zero-order chi connectivity index (χ0) is 23.6. The van der Waals surface area contributed by atoms with Crippen molar-refractivity contribution in [2.75, 3.05) is 18.2 Å². The summed E-state index contributed by atoms with van der Waals surface area (Å²) in [6.45, 7) is 6.84. The number of thioether (sulfide) groups is 1. The smallest absolute Gasteiger partial charge is 0.226 e. The number of pyridine rings is 1. The van der Waals surface area contributed by atoms with E-state index in [1.54, 1.807) is 7.11 Å². The summed E-state index contributed by atoms with van der Waals surface area (Å²) in [5.74, 6) is 1.82. The number of benzene rings is 1. The Balaban J connectivity index is 1.36. The number of methoxy groups -OCH3 is 1. The van der Waals surface area contributed by atoms with Crippen LogP contribution in [-0.2, 0) is 17.6 Å². The summed E-state index contributed by atoms with van der Waals surface area (Å²) in [5, 5.41) is 13.8. The van der Waals surface area contributed by atoms with Gasteiger partial charge in [0.05, 0.1) is 22.9 Å². The van der Waals surface area contributed by atoms with Crippen molar-refractivity contribution in [2.45, 2.75) is 51.5 Å². The number of rotatable bonds is 6. The fraction of sp³-hybridized carbons (Fsp3) is 0.440. The van der Waals surface area contributed by atoms with Crippen LogP contribution in [0.25, 0.3) is 10.2 Å². The van der Waals surface area contributed by atoms with Crippen molar-refractivity contribution < 1.29 is 9.53 Å². The third kappa shape index (κ3) is 5.48. The molecule has 1 amide bonds. The number of nitrogens with one attached hydrogen (secondary N) is 1. The topological polar surface area (TPSA) is 87.9 Å². The van der Waals surface area contributed by atoms with Crippen molar-refractivity contribution >= 4 is 44.4 Å². The van der Waals surface area contributed by atoms with Gasteiger partial charge in [-0.15, -0.1) is 11.8 Å². The first kappa shape index (κ1) is 23.5. The van der Waals surface area contributed by atoms with Crippen LogP contribution in [0.5, 0.6) is 5.75 Å². The average Bonchev–Trinajstić information content (AvgIpc) is 3.18. The summed E-state index contributed by atoms with van der Waals surface area (Å²) in [6.07, 6.45) is 3.36. The number of nitriles is 1. The summed E-state index contributed by atoms with van der Waals surface area (Å²) in [5.41, 5.74) is 3.99. The Bertz CT molecular complexity index is 1220. The lowest BCUT2D eigenvalue weighted by Gasteiger charge is -2.34. The van der Waals surface area contributed by atoms with E-state index in [2.05, 4.69) is 37.1 Å². The molecule has 0 aliphatic heterocycles. The van der Waals surface area contributed by atoms with Gasteiger partial charge in [-0.25, -0.2) is 9.97 Å². The second-order valence-electron chi connectivity index (χ2n) is 9.36. The predicted octanol–water partition coefficient (Wildman–Crippen LogP) is 5.84. The first-order valence-electron chi connectivity index (χ1n) is 11.1. The van der Waals surface area contributed by atoms with E-state index in [0.29, 0.717) is 28.8 Å². The third-order valence-corrected chi connectivity index (χ3v) is 8.03. The monoisotopic (exact) mass is 480 g/mol. The number of carbonyl (C=O) groups excluding carboxylic acids is 1. The van der Waals surface area contributed by atoms with Crippen molar-refractivity contribution in [3.8, 4) is 11.8 Å². The number of nitrogens with zero attached hydrogens (tertiary/aromatic N) is 3. The average molecular weight is 481 g/mol. The molecule has 3 aromatic rings. The van der Waals surface area contributed by atoms with Crippen LogP contribution in [0.2, 0.25) is 0 Å². The standard InChI is InChI=1S/C25H28N4O2S2/c1-25(2,3)17-5-7-19-15(12-17)11-16(14-26)23(27-19)32-10-9-22(30)29-24-28-20-8-6-18(31-4)13-21(20)33-24/h6,8,11,13,17H,5,7,9-10,12H2,1-4H3,(H,28,29,30). The van der Waals surface area contributed by atoms with Gasteiger partial charge in [-0.05, 0) is 60.4 Å². The molecule has 1 aliphatic rings. The van der Waals surface area contributed by atoms with E-state index in [9.17, 15) is 10.1 Å². The molecule has 0 saturated carbocycles. The highest BCUT2D eigenvalue weighted by Gasteiger charge is 2.30. The van der Waals surface area contributed by atoms with Crippen molar-refractivity contribution in [3.63, 3.8) is 0 Å². The fourth-order valence-corrected chi connectivity index (χ4v) is 5.91. The van der Waals surface area contributed by atoms with Crippen LogP contribution < -0.4 is 10.1 Å². The lowest BCUT2D eigenvalue weighted by Crippen LogP contribution is -2.27. The van der Waals surface area contributed by atoms with Crippen LogP contribution in [0.4, 0.5) is 5.13 Å². The van der Waals surface area contributed by atoms with Gasteiger partial charge >= 0.3 is 0 Å². The second-order valence-corrected chi connectivity index (χ2v) is 11.5. The van der Waals surface area contributed by atoms with Gasteiger partial charge in [0.1, 0.15) is 16.8 Å². The quantitative estimate of drug-likeness (QED) is 0.446. The van der Waals surface area contributed by atoms with Gasteiger partial charge in [0.2, 0.25) is 5.91 Å². The summed E-state index contributed by atoms with van der Waals surface area (Å²) in [7, 11) is 1.63. The molecule has 8 heteroatoms. The largest absolute Gasteiger partial charge is 0.497 e. The van der Waals surface area contributed by atoms with Gasteiger partial charge in [-0.2, -0.15) is 5.26 Å². The van der Waals surface area contributed by atoms with E-state index in [1.807, 2.05) is 24.3 Å². The van der Waals surface area contributed by atoms with Crippen molar-refractivity contribution in [2.24, 2.45) is 11.3 Å².